The fourth-order valence-corrected chi connectivity index (χ4v) is 5.62. The van der Waals surface area contributed by atoms with Crippen molar-refractivity contribution in [2.24, 2.45) is 0 Å². The Kier molecular flexibility index (Phi) is 9.62. The molecule has 1 aromatic heterocycles. The maximum atomic E-state index is 6.25. The molecule has 4 nitrogen and oxygen atoms in total. The molecule has 0 atom stereocenters. The Labute approximate surface area is 242 Å². The van der Waals surface area contributed by atoms with Crippen molar-refractivity contribution in [3.05, 3.63) is 99.5 Å². The molecule has 6 heteroatoms. The summed E-state index contributed by atoms with van der Waals surface area (Å²) in [5.74, 6) is 0.722. The minimum atomic E-state index is 0.0326. The number of unbranched alkanes of at least 4 members (excludes halogenated alkanes) is 3. The monoisotopic (exact) mass is 561 g/mol. The minimum absolute atomic E-state index is 0.0326. The van der Waals surface area contributed by atoms with Gasteiger partial charge in [-0.2, -0.15) is 0 Å². The summed E-state index contributed by atoms with van der Waals surface area (Å²) in [5.41, 5.74) is 5.56. The molecule has 0 radical (unpaired) electrons. The van der Waals surface area contributed by atoms with Crippen LogP contribution >= 0.6 is 23.2 Å². The summed E-state index contributed by atoms with van der Waals surface area (Å²) in [7, 11) is 0. The van der Waals surface area contributed by atoms with Crippen LogP contribution in [0.3, 0.4) is 0 Å². The minimum Gasteiger partial charge on any atom is -0.478 e. The standard InChI is InChI=1S/C33H37Cl2N3O/c1-2-3-4-5-20-39-32-22-31(37-28-16-18-36-19-17-28)29-21-25(10-15-30(29)38-32)33(23-6-11-26(34)12-7-23)24-8-13-27(35)14-9-24/h6-15,21-22,28,33,36H,2-5,16-20H2,1H3,(H,37,38). The predicted molar refractivity (Wildman–Crippen MR) is 165 cm³/mol. The summed E-state index contributed by atoms with van der Waals surface area (Å²) in [6.45, 7) is 4.98. The molecule has 1 aliphatic heterocycles. The van der Waals surface area contributed by atoms with E-state index in [4.69, 9.17) is 32.9 Å². The number of nitrogens with one attached hydrogen (secondary N) is 2. The predicted octanol–water partition coefficient (Wildman–Crippen LogP) is 8.84. The molecule has 2 heterocycles. The molecule has 4 aromatic rings. The molecule has 39 heavy (non-hydrogen) atoms. The maximum Gasteiger partial charge on any atom is 0.215 e. The van der Waals surface area contributed by atoms with Crippen LogP contribution in [0.15, 0.2) is 72.8 Å². The van der Waals surface area contributed by atoms with Gasteiger partial charge in [0.05, 0.1) is 12.1 Å². The Morgan fingerprint density at radius 3 is 2.13 bits per heavy atom. The van der Waals surface area contributed by atoms with Crippen LogP contribution in [0, 0.1) is 0 Å². The summed E-state index contributed by atoms with van der Waals surface area (Å²) < 4.78 is 6.14. The second-order valence-electron chi connectivity index (χ2n) is 10.4. The lowest BCUT2D eigenvalue weighted by Crippen LogP contribution is -2.35. The highest BCUT2D eigenvalue weighted by Gasteiger charge is 2.20. The van der Waals surface area contributed by atoms with Gasteiger partial charge in [-0.1, -0.05) is 79.7 Å². The largest absolute Gasteiger partial charge is 0.478 e. The lowest BCUT2D eigenvalue weighted by molar-refractivity contribution is 0.295. The summed E-state index contributed by atoms with van der Waals surface area (Å²) in [6.07, 6.45) is 6.87. The molecule has 1 fully saturated rings. The Morgan fingerprint density at radius 1 is 0.846 bits per heavy atom. The summed E-state index contributed by atoms with van der Waals surface area (Å²) in [6, 6.07) is 25.3. The number of fused-ring (bicyclic) bond motifs is 1. The number of pyridine rings is 1. The number of halogens is 2. The van der Waals surface area contributed by atoms with Gasteiger partial charge in [0, 0.05) is 39.1 Å². The van der Waals surface area contributed by atoms with Crippen LogP contribution in [0.1, 0.15) is 68.1 Å². The Balaban J connectivity index is 1.54. The van der Waals surface area contributed by atoms with Gasteiger partial charge in [0.1, 0.15) is 0 Å². The van der Waals surface area contributed by atoms with Crippen LogP contribution < -0.4 is 15.4 Å². The Morgan fingerprint density at radius 2 is 1.49 bits per heavy atom. The zero-order valence-electron chi connectivity index (χ0n) is 22.6. The Bertz CT molecular complexity index is 1310. The van der Waals surface area contributed by atoms with Crippen LogP contribution in [0.25, 0.3) is 10.9 Å². The number of piperidine rings is 1. The van der Waals surface area contributed by atoms with Crippen molar-refractivity contribution in [3.8, 4) is 5.88 Å². The molecule has 3 aromatic carbocycles. The summed E-state index contributed by atoms with van der Waals surface area (Å²) in [5, 5.41) is 9.87. The molecule has 1 aliphatic rings. The zero-order valence-corrected chi connectivity index (χ0v) is 24.1. The van der Waals surface area contributed by atoms with Crippen molar-refractivity contribution in [1.82, 2.24) is 10.3 Å². The molecular weight excluding hydrogens is 525 g/mol. The van der Waals surface area contributed by atoms with Crippen molar-refractivity contribution in [3.63, 3.8) is 0 Å². The van der Waals surface area contributed by atoms with Gasteiger partial charge in [-0.3, -0.25) is 0 Å². The van der Waals surface area contributed by atoms with Gasteiger partial charge in [-0.05, 0) is 85.4 Å². The van der Waals surface area contributed by atoms with E-state index in [2.05, 4.69) is 66.1 Å². The SMILES string of the molecule is CCCCCCOc1cc(NC2CCNCC2)c2cc(C(c3ccc(Cl)cc3)c3ccc(Cl)cc3)ccc2n1. The van der Waals surface area contributed by atoms with E-state index in [0.29, 0.717) is 18.5 Å². The van der Waals surface area contributed by atoms with Crippen LogP contribution in [0.4, 0.5) is 5.69 Å². The van der Waals surface area contributed by atoms with Gasteiger partial charge in [0.2, 0.25) is 5.88 Å². The molecule has 0 amide bonds. The lowest BCUT2D eigenvalue weighted by Gasteiger charge is -2.26. The molecule has 204 valence electrons. The summed E-state index contributed by atoms with van der Waals surface area (Å²) >= 11 is 12.5. The van der Waals surface area contributed by atoms with E-state index >= 15 is 0 Å². The quantitative estimate of drug-likeness (QED) is 0.142. The number of rotatable bonds is 11. The molecule has 1 saturated heterocycles. The molecule has 5 rings (SSSR count). The number of benzene rings is 3. The van der Waals surface area contributed by atoms with Crippen molar-refractivity contribution in [2.45, 2.75) is 57.4 Å². The average Bonchev–Trinajstić information content (AvgIpc) is 2.96. The van der Waals surface area contributed by atoms with Gasteiger partial charge >= 0.3 is 0 Å². The van der Waals surface area contributed by atoms with Crippen LogP contribution in [0.5, 0.6) is 5.88 Å². The van der Waals surface area contributed by atoms with Gasteiger partial charge in [0.25, 0.3) is 0 Å². The van der Waals surface area contributed by atoms with Crippen molar-refractivity contribution in [1.29, 1.82) is 0 Å². The second-order valence-corrected chi connectivity index (χ2v) is 11.3. The molecule has 0 saturated carbocycles. The number of ether oxygens (including phenoxy) is 1. The van der Waals surface area contributed by atoms with Gasteiger partial charge in [-0.25, -0.2) is 4.98 Å². The first kappa shape index (κ1) is 27.8. The fourth-order valence-electron chi connectivity index (χ4n) is 5.37. The first-order valence-electron chi connectivity index (χ1n) is 14.2. The van der Waals surface area contributed by atoms with Crippen molar-refractivity contribution in [2.75, 3.05) is 25.0 Å². The average molecular weight is 563 g/mol. The topological polar surface area (TPSA) is 46.2 Å². The van der Waals surface area contributed by atoms with Crippen LogP contribution in [-0.4, -0.2) is 30.7 Å². The third-order valence-corrected chi connectivity index (χ3v) is 8.00. The lowest BCUT2D eigenvalue weighted by atomic mass is 9.84. The van der Waals surface area contributed by atoms with E-state index in [0.717, 1.165) is 59.0 Å². The van der Waals surface area contributed by atoms with Crippen LogP contribution in [0.2, 0.25) is 10.0 Å². The number of hydrogen-bond acceptors (Lipinski definition) is 4. The van der Waals surface area contributed by atoms with E-state index in [9.17, 15) is 0 Å². The van der Waals surface area contributed by atoms with Gasteiger partial charge in [-0.15, -0.1) is 0 Å². The third kappa shape index (κ3) is 7.25. The molecule has 0 spiro atoms. The van der Waals surface area contributed by atoms with E-state index in [1.54, 1.807) is 0 Å². The van der Waals surface area contributed by atoms with E-state index < -0.39 is 0 Å². The highest BCUT2D eigenvalue weighted by molar-refractivity contribution is 6.30. The first-order valence-corrected chi connectivity index (χ1v) is 14.9. The smallest absolute Gasteiger partial charge is 0.215 e. The number of nitrogens with zero attached hydrogens (tertiary/aromatic N) is 1. The van der Waals surface area contributed by atoms with E-state index in [1.165, 1.54) is 36.0 Å². The molecule has 0 bridgehead atoms. The maximum absolute atomic E-state index is 6.25. The second kappa shape index (κ2) is 13.5. The molecule has 0 aliphatic carbocycles. The first-order chi connectivity index (χ1) is 19.1. The number of aromatic nitrogens is 1. The molecule has 0 unspecified atom stereocenters. The third-order valence-electron chi connectivity index (χ3n) is 7.50. The molecular formula is C33H37Cl2N3O. The van der Waals surface area contributed by atoms with Crippen LogP contribution in [-0.2, 0) is 0 Å². The summed E-state index contributed by atoms with van der Waals surface area (Å²) in [4.78, 5) is 4.91. The highest BCUT2D eigenvalue weighted by Crippen LogP contribution is 2.37. The Hall–Kier alpha value is -2.79. The fraction of sp³-hybridized carbons (Fsp3) is 0.364. The van der Waals surface area contributed by atoms with Gasteiger partial charge in [0.15, 0.2) is 0 Å². The highest BCUT2D eigenvalue weighted by atomic mass is 35.5. The number of anilines is 1. The van der Waals surface area contributed by atoms with Crippen molar-refractivity contribution < 1.29 is 4.74 Å². The molecule has 2 N–H and O–H groups in total. The van der Waals surface area contributed by atoms with E-state index in [1.807, 2.05) is 24.3 Å². The normalized spacial score (nSPS) is 14.2. The van der Waals surface area contributed by atoms with Gasteiger partial charge < -0.3 is 15.4 Å². The number of hydrogen-bond donors (Lipinski definition) is 2. The van der Waals surface area contributed by atoms with E-state index in [-0.39, 0.29) is 5.92 Å². The zero-order chi connectivity index (χ0) is 27.0. The van der Waals surface area contributed by atoms with Crippen molar-refractivity contribution >= 4 is 39.8 Å².